The van der Waals surface area contributed by atoms with Gasteiger partial charge in [-0.05, 0) is 50.2 Å². The van der Waals surface area contributed by atoms with Gasteiger partial charge in [-0.1, -0.05) is 24.6 Å². The Bertz CT molecular complexity index is 1080. The van der Waals surface area contributed by atoms with Crippen LogP contribution >= 0.6 is 0 Å². The maximum atomic E-state index is 10.4. The van der Waals surface area contributed by atoms with Gasteiger partial charge in [-0.3, -0.25) is 0 Å². The number of aromatic nitrogens is 3. The van der Waals surface area contributed by atoms with Crippen LogP contribution in [0, 0.1) is 0 Å². The summed E-state index contributed by atoms with van der Waals surface area (Å²) in [6, 6.07) is 13.7. The molecule has 1 saturated heterocycles. The first kappa shape index (κ1) is 18.1. The Morgan fingerprint density at radius 2 is 1.97 bits per heavy atom. The molecule has 0 saturated carbocycles. The lowest BCUT2D eigenvalue weighted by atomic mass is 10.1. The molecule has 29 heavy (non-hydrogen) atoms. The van der Waals surface area contributed by atoms with Crippen molar-refractivity contribution in [2.24, 2.45) is 0 Å². The molecular formula is C22H25N5O2. The third kappa shape index (κ3) is 3.83. The predicted molar refractivity (Wildman–Crippen MR) is 113 cm³/mol. The number of aliphatic hydroxyl groups excluding tert-OH is 1. The maximum Gasteiger partial charge on any atom is 0.155 e. The number of fused-ring (bicyclic) bond motifs is 2. The molecule has 4 aromatic rings. The van der Waals surface area contributed by atoms with Crippen LogP contribution in [-0.4, -0.2) is 56.9 Å². The summed E-state index contributed by atoms with van der Waals surface area (Å²) in [7, 11) is 0. The molecule has 1 fully saturated rings. The summed E-state index contributed by atoms with van der Waals surface area (Å²) < 4.78 is 7.75. The monoisotopic (exact) mass is 391 g/mol. The zero-order valence-corrected chi connectivity index (χ0v) is 16.3. The van der Waals surface area contributed by atoms with Crippen LogP contribution in [0.1, 0.15) is 19.3 Å². The zero-order chi connectivity index (χ0) is 19.6. The first-order valence-corrected chi connectivity index (χ1v) is 10.2. The molecule has 1 aromatic carbocycles. The van der Waals surface area contributed by atoms with Crippen LogP contribution in [0.4, 0.5) is 5.82 Å². The van der Waals surface area contributed by atoms with E-state index in [0.29, 0.717) is 18.9 Å². The van der Waals surface area contributed by atoms with Crippen molar-refractivity contribution < 1.29 is 9.52 Å². The van der Waals surface area contributed by atoms with Crippen LogP contribution < -0.4 is 5.32 Å². The van der Waals surface area contributed by atoms with Crippen LogP contribution in [0.5, 0.6) is 0 Å². The van der Waals surface area contributed by atoms with Crippen molar-refractivity contribution in [1.82, 2.24) is 19.5 Å². The molecular weight excluding hydrogens is 366 g/mol. The molecule has 150 valence electrons. The molecule has 1 unspecified atom stereocenters. The average Bonchev–Trinajstić information content (AvgIpc) is 3.36. The number of furan rings is 1. The SMILES string of the molecule is OC(CNc1ccc2ncc(-c3cc4ccccc4o3)n2n1)CN1CCCCC1. The van der Waals surface area contributed by atoms with E-state index >= 15 is 0 Å². The largest absolute Gasteiger partial charge is 0.454 e. The molecule has 0 spiro atoms. The number of imidazole rings is 1. The molecule has 1 aliphatic rings. The van der Waals surface area contributed by atoms with Gasteiger partial charge in [0.15, 0.2) is 11.4 Å². The van der Waals surface area contributed by atoms with Crippen molar-refractivity contribution in [3.05, 3.63) is 48.7 Å². The summed E-state index contributed by atoms with van der Waals surface area (Å²) >= 11 is 0. The third-order valence-corrected chi connectivity index (χ3v) is 5.48. The number of β-amino-alcohol motifs (C(OH)–C–C–N with tert-alkyl or cyclic N) is 1. The van der Waals surface area contributed by atoms with Crippen molar-refractivity contribution in [3.8, 4) is 11.5 Å². The number of rotatable bonds is 6. The molecule has 7 heteroatoms. The van der Waals surface area contributed by atoms with E-state index in [1.807, 2.05) is 42.5 Å². The van der Waals surface area contributed by atoms with E-state index in [-0.39, 0.29) is 0 Å². The lowest BCUT2D eigenvalue weighted by Crippen LogP contribution is -2.39. The number of nitrogens with one attached hydrogen (secondary N) is 1. The number of para-hydroxylation sites is 1. The Labute approximate surface area is 169 Å². The average molecular weight is 391 g/mol. The van der Waals surface area contributed by atoms with Crippen LogP contribution in [0.25, 0.3) is 28.1 Å². The van der Waals surface area contributed by atoms with Crippen molar-refractivity contribution in [3.63, 3.8) is 0 Å². The Balaban J connectivity index is 1.32. The quantitative estimate of drug-likeness (QED) is 0.524. The van der Waals surface area contributed by atoms with Gasteiger partial charge >= 0.3 is 0 Å². The van der Waals surface area contributed by atoms with E-state index in [1.165, 1.54) is 19.3 Å². The number of benzene rings is 1. The Morgan fingerprint density at radius 3 is 2.83 bits per heavy atom. The number of aliphatic hydroxyl groups is 1. The lowest BCUT2D eigenvalue weighted by Gasteiger charge is -2.28. The number of likely N-dealkylation sites (tertiary alicyclic amines) is 1. The van der Waals surface area contributed by atoms with Crippen molar-refractivity contribution >= 4 is 22.4 Å². The highest BCUT2D eigenvalue weighted by molar-refractivity contribution is 5.82. The number of nitrogens with zero attached hydrogens (tertiary/aromatic N) is 4. The molecule has 2 N–H and O–H groups in total. The van der Waals surface area contributed by atoms with Crippen molar-refractivity contribution in [2.45, 2.75) is 25.4 Å². The van der Waals surface area contributed by atoms with Crippen LogP contribution in [0.3, 0.4) is 0 Å². The molecule has 5 rings (SSSR count). The zero-order valence-electron chi connectivity index (χ0n) is 16.3. The van der Waals surface area contributed by atoms with Gasteiger partial charge in [0.1, 0.15) is 17.1 Å². The van der Waals surface area contributed by atoms with Crippen molar-refractivity contribution in [1.29, 1.82) is 0 Å². The smallest absolute Gasteiger partial charge is 0.155 e. The van der Waals surface area contributed by atoms with Crippen LogP contribution in [0.15, 0.2) is 53.1 Å². The van der Waals surface area contributed by atoms with E-state index in [2.05, 4.69) is 20.3 Å². The minimum absolute atomic E-state index is 0.428. The molecule has 0 amide bonds. The number of hydrogen-bond acceptors (Lipinski definition) is 6. The van der Waals surface area contributed by atoms with Gasteiger partial charge < -0.3 is 19.7 Å². The van der Waals surface area contributed by atoms with E-state index in [0.717, 1.165) is 41.2 Å². The molecule has 0 aliphatic carbocycles. The summed E-state index contributed by atoms with van der Waals surface area (Å²) in [4.78, 5) is 6.77. The molecule has 1 atom stereocenters. The molecule has 0 radical (unpaired) electrons. The standard InChI is InChI=1S/C22H25N5O2/c28-17(15-26-10-4-1-5-11-26)13-23-21-8-9-22-24-14-18(27(22)25-21)20-12-16-6-2-3-7-19(16)29-20/h2-3,6-9,12,14,17,28H,1,4-5,10-11,13,15H2,(H,23,25). The second-order valence-electron chi connectivity index (χ2n) is 7.68. The summed E-state index contributed by atoms with van der Waals surface area (Å²) in [6.45, 7) is 3.32. The number of hydrogen-bond donors (Lipinski definition) is 2. The maximum absolute atomic E-state index is 10.4. The van der Waals surface area contributed by atoms with E-state index in [9.17, 15) is 5.11 Å². The molecule has 3 aromatic heterocycles. The van der Waals surface area contributed by atoms with Gasteiger partial charge in [0.2, 0.25) is 0 Å². The number of anilines is 1. The van der Waals surface area contributed by atoms with Gasteiger partial charge in [0.05, 0.1) is 12.3 Å². The normalized spacial score (nSPS) is 16.4. The summed E-state index contributed by atoms with van der Waals surface area (Å²) in [5.74, 6) is 1.43. The molecule has 4 heterocycles. The second kappa shape index (κ2) is 7.85. The van der Waals surface area contributed by atoms with Crippen LogP contribution in [-0.2, 0) is 0 Å². The minimum atomic E-state index is -0.428. The summed E-state index contributed by atoms with van der Waals surface area (Å²) in [6.07, 6.45) is 5.10. The fourth-order valence-corrected chi connectivity index (χ4v) is 3.97. The van der Waals surface area contributed by atoms with Crippen molar-refractivity contribution in [2.75, 3.05) is 31.5 Å². The second-order valence-corrected chi connectivity index (χ2v) is 7.68. The fourth-order valence-electron chi connectivity index (χ4n) is 3.97. The lowest BCUT2D eigenvalue weighted by molar-refractivity contribution is 0.109. The van der Waals surface area contributed by atoms with Gasteiger partial charge in [-0.2, -0.15) is 0 Å². The predicted octanol–water partition coefficient (Wildman–Crippen LogP) is 3.40. The van der Waals surface area contributed by atoms with E-state index < -0.39 is 6.10 Å². The molecule has 7 nitrogen and oxygen atoms in total. The highest BCUT2D eigenvalue weighted by atomic mass is 16.3. The highest BCUT2D eigenvalue weighted by Gasteiger charge is 2.16. The minimum Gasteiger partial charge on any atom is -0.454 e. The first-order valence-electron chi connectivity index (χ1n) is 10.2. The Kier molecular flexibility index (Phi) is 4.91. The first-order chi connectivity index (χ1) is 14.3. The van der Waals surface area contributed by atoms with E-state index in [4.69, 9.17) is 4.42 Å². The van der Waals surface area contributed by atoms with Crippen LogP contribution in [0.2, 0.25) is 0 Å². The molecule has 1 aliphatic heterocycles. The topological polar surface area (TPSA) is 78.8 Å². The number of piperidine rings is 1. The van der Waals surface area contributed by atoms with E-state index in [1.54, 1.807) is 10.7 Å². The Morgan fingerprint density at radius 1 is 1.10 bits per heavy atom. The van der Waals surface area contributed by atoms with Gasteiger partial charge in [-0.15, -0.1) is 5.10 Å². The molecule has 0 bridgehead atoms. The third-order valence-electron chi connectivity index (χ3n) is 5.48. The van der Waals surface area contributed by atoms with Gasteiger partial charge in [0.25, 0.3) is 0 Å². The highest BCUT2D eigenvalue weighted by Crippen LogP contribution is 2.28. The summed E-state index contributed by atoms with van der Waals surface area (Å²) in [5.41, 5.74) is 2.39. The Hall–Kier alpha value is -2.90. The fraction of sp³-hybridized carbons (Fsp3) is 0.364. The summed E-state index contributed by atoms with van der Waals surface area (Å²) in [5, 5.41) is 19.3. The van der Waals surface area contributed by atoms with Gasteiger partial charge in [-0.25, -0.2) is 9.50 Å². The van der Waals surface area contributed by atoms with Gasteiger partial charge in [0, 0.05) is 18.5 Å².